The Kier molecular flexibility index (Phi) is 5.38. The first-order chi connectivity index (χ1) is 12.1. The van der Waals surface area contributed by atoms with Crippen molar-refractivity contribution in [2.24, 2.45) is 0 Å². The summed E-state index contributed by atoms with van der Waals surface area (Å²) in [6, 6.07) is 9.17. The summed E-state index contributed by atoms with van der Waals surface area (Å²) in [4.78, 5) is 23.2. The molecule has 1 N–H and O–H groups in total. The minimum absolute atomic E-state index is 0.173. The number of hydrogen-bond acceptors (Lipinski definition) is 4. The molecule has 0 saturated heterocycles. The predicted octanol–water partition coefficient (Wildman–Crippen LogP) is 3.78. The Balaban J connectivity index is 1.65. The average molecular weight is 404 g/mol. The molecular formula is C19H18BrNO4. The van der Waals surface area contributed by atoms with Crippen LogP contribution >= 0.6 is 15.9 Å². The number of carbonyl (C=O) groups is 2. The van der Waals surface area contributed by atoms with Crippen molar-refractivity contribution < 1.29 is 19.1 Å². The normalized spacial score (nSPS) is 12.4. The van der Waals surface area contributed by atoms with E-state index in [0.29, 0.717) is 27.8 Å². The third-order valence-electron chi connectivity index (χ3n) is 4.15. The molecule has 0 atom stereocenters. The van der Waals surface area contributed by atoms with Crippen LogP contribution in [0.2, 0.25) is 0 Å². The highest BCUT2D eigenvalue weighted by molar-refractivity contribution is 9.10. The van der Waals surface area contributed by atoms with Crippen LogP contribution in [0, 0.1) is 0 Å². The highest BCUT2D eigenvalue weighted by atomic mass is 79.9. The van der Waals surface area contributed by atoms with Gasteiger partial charge in [-0.15, -0.1) is 0 Å². The molecule has 0 bridgehead atoms. The first-order valence-corrected chi connectivity index (χ1v) is 8.77. The van der Waals surface area contributed by atoms with Crippen LogP contribution < -0.4 is 14.8 Å². The second-order valence-electron chi connectivity index (χ2n) is 5.82. The van der Waals surface area contributed by atoms with Crippen molar-refractivity contribution in [1.82, 2.24) is 0 Å². The third kappa shape index (κ3) is 4.02. The molecule has 1 amide bonds. The van der Waals surface area contributed by atoms with Gasteiger partial charge in [-0.2, -0.15) is 0 Å². The van der Waals surface area contributed by atoms with E-state index in [1.807, 2.05) is 12.1 Å². The maximum atomic E-state index is 12.2. The molecule has 6 heteroatoms. The molecule has 0 heterocycles. The number of methoxy groups -OCH3 is 1. The summed E-state index contributed by atoms with van der Waals surface area (Å²) in [7, 11) is 1.50. The molecule has 130 valence electrons. The molecule has 0 aliphatic heterocycles. The van der Waals surface area contributed by atoms with Crippen LogP contribution in [0.15, 0.2) is 34.8 Å². The number of nitrogens with one attached hydrogen (secondary N) is 1. The Bertz CT molecular complexity index is 819. The van der Waals surface area contributed by atoms with Crippen LogP contribution in [0.3, 0.4) is 0 Å². The van der Waals surface area contributed by atoms with Crippen molar-refractivity contribution in [2.75, 3.05) is 19.0 Å². The fraction of sp³-hybridized carbons (Fsp3) is 0.263. The van der Waals surface area contributed by atoms with Crippen LogP contribution in [0.4, 0.5) is 5.69 Å². The lowest BCUT2D eigenvalue weighted by Crippen LogP contribution is -2.20. The number of hydrogen-bond donors (Lipinski definition) is 1. The number of rotatable bonds is 6. The van der Waals surface area contributed by atoms with Gasteiger partial charge in [0.1, 0.15) is 0 Å². The van der Waals surface area contributed by atoms with Gasteiger partial charge in [-0.3, -0.25) is 9.59 Å². The molecule has 0 spiro atoms. The molecular weight excluding hydrogens is 386 g/mol. The summed E-state index contributed by atoms with van der Waals surface area (Å²) in [5.74, 6) is 0.523. The molecule has 0 aromatic heterocycles. The van der Waals surface area contributed by atoms with E-state index in [-0.39, 0.29) is 12.5 Å². The fourth-order valence-corrected chi connectivity index (χ4v) is 3.32. The number of aldehydes is 1. The first kappa shape index (κ1) is 17.5. The molecule has 3 rings (SSSR count). The lowest BCUT2D eigenvalue weighted by atomic mass is 10.1. The van der Waals surface area contributed by atoms with Gasteiger partial charge in [-0.1, -0.05) is 6.07 Å². The number of amides is 1. The van der Waals surface area contributed by atoms with E-state index in [1.54, 1.807) is 12.1 Å². The molecule has 25 heavy (non-hydrogen) atoms. The fourth-order valence-electron chi connectivity index (χ4n) is 2.90. The van der Waals surface area contributed by atoms with Crippen molar-refractivity contribution in [2.45, 2.75) is 19.3 Å². The van der Waals surface area contributed by atoms with Gasteiger partial charge in [0, 0.05) is 15.7 Å². The Labute approximate surface area is 154 Å². The number of fused-ring (bicyclic) bond motifs is 1. The maximum Gasteiger partial charge on any atom is 0.262 e. The zero-order valence-corrected chi connectivity index (χ0v) is 15.4. The van der Waals surface area contributed by atoms with Crippen LogP contribution in [-0.4, -0.2) is 25.9 Å². The standard InChI is InChI=1S/C19H18BrNO4/c1-24-17-9-16(20)14(10-22)8-18(17)25-11-19(23)21-15-6-5-12-3-2-4-13(12)7-15/h5-10H,2-4,11H2,1H3,(H,21,23). The SMILES string of the molecule is COc1cc(Br)c(C=O)cc1OCC(=O)Nc1ccc2c(c1)CCC2. The van der Waals surface area contributed by atoms with Gasteiger partial charge in [0.05, 0.1) is 7.11 Å². The monoisotopic (exact) mass is 403 g/mol. The van der Waals surface area contributed by atoms with Crippen molar-refractivity contribution in [3.63, 3.8) is 0 Å². The Hall–Kier alpha value is -2.34. The molecule has 5 nitrogen and oxygen atoms in total. The third-order valence-corrected chi connectivity index (χ3v) is 4.84. The second-order valence-corrected chi connectivity index (χ2v) is 6.67. The molecule has 2 aromatic rings. The molecule has 0 fully saturated rings. The van der Waals surface area contributed by atoms with Gasteiger partial charge in [-0.05, 0) is 70.6 Å². The molecule has 0 unspecified atom stereocenters. The number of ether oxygens (including phenoxy) is 2. The number of anilines is 1. The first-order valence-electron chi connectivity index (χ1n) is 7.98. The zero-order chi connectivity index (χ0) is 17.8. The Morgan fingerprint density at radius 2 is 2.00 bits per heavy atom. The number of carbonyl (C=O) groups excluding carboxylic acids is 2. The Morgan fingerprint density at radius 1 is 1.20 bits per heavy atom. The van der Waals surface area contributed by atoms with E-state index in [0.717, 1.165) is 24.9 Å². The number of aryl methyl sites for hydroxylation is 2. The van der Waals surface area contributed by atoms with Crippen LogP contribution in [0.25, 0.3) is 0 Å². The van der Waals surface area contributed by atoms with Gasteiger partial charge in [0.25, 0.3) is 5.91 Å². The van der Waals surface area contributed by atoms with Gasteiger partial charge in [-0.25, -0.2) is 0 Å². The van der Waals surface area contributed by atoms with E-state index < -0.39 is 0 Å². The van der Waals surface area contributed by atoms with Crippen molar-refractivity contribution in [3.8, 4) is 11.5 Å². The lowest BCUT2D eigenvalue weighted by molar-refractivity contribution is -0.118. The molecule has 1 aliphatic carbocycles. The quantitative estimate of drug-likeness (QED) is 0.745. The van der Waals surface area contributed by atoms with Gasteiger partial charge in [0.2, 0.25) is 0 Å². The lowest BCUT2D eigenvalue weighted by Gasteiger charge is -2.12. The Morgan fingerprint density at radius 3 is 2.76 bits per heavy atom. The summed E-state index contributed by atoms with van der Waals surface area (Å²) >= 11 is 3.28. The highest BCUT2D eigenvalue weighted by Gasteiger charge is 2.14. The average Bonchev–Trinajstić information content (AvgIpc) is 3.08. The van der Waals surface area contributed by atoms with E-state index in [9.17, 15) is 9.59 Å². The van der Waals surface area contributed by atoms with E-state index >= 15 is 0 Å². The summed E-state index contributed by atoms with van der Waals surface area (Å²) < 4.78 is 11.4. The number of halogens is 1. The van der Waals surface area contributed by atoms with Crippen LogP contribution in [-0.2, 0) is 17.6 Å². The molecule has 0 radical (unpaired) electrons. The second kappa shape index (κ2) is 7.70. The maximum absolute atomic E-state index is 12.2. The smallest absolute Gasteiger partial charge is 0.262 e. The van der Waals surface area contributed by atoms with Crippen LogP contribution in [0.5, 0.6) is 11.5 Å². The van der Waals surface area contributed by atoms with Crippen molar-refractivity contribution in [3.05, 3.63) is 51.5 Å². The predicted molar refractivity (Wildman–Crippen MR) is 98.7 cm³/mol. The van der Waals surface area contributed by atoms with E-state index in [4.69, 9.17) is 9.47 Å². The van der Waals surface area contributed by atoms with E-state index in [1.165, 1.54) is 18.2 Å². The summed E-state index contributed by atoms with van der Waals surface area (Å²) in [6.07, 6.45) is 4.04. The minimum Gasteiger partial charge on any atom is -0.493 e. The largest absolute Gasteiger partial charge is 0.493 e. The summed E-state index contributed by atoms with van der Waals surface area (Å²) in [6.45, 7) is -0.173. The van der Waals surface area contributed by atoms with E-state index in [2.05, 4.69) is 27.3 Å². The molecule has 0 saturated carbocycles. The van der Waals surface area contributed by atoms with Gasteiger partial charge < -0.3 is 14.8 Å². The highest BCUT2D eigenvalue weighted by Crippen LogP contribution is 2.33. The van der Waals surface area contributed by atoms with Gasteiger partial charge in [0.15, 0.2) is 24.4 Å². The summed E-state index contributed by atoms with van der Waals surface area (Å²) in [5.41, 5.74) is 3.85. The zero-order valence-electron chi connectivity index (χ0n) is 13.8. The topological polar surface area (TPSA) is 64.6 Å². The number of benzene rings is 2. The molecule has 2 aromatic carbocycles. The molecule has 1 aliphatic rings. The van der Waals surface area contributed by atoms with Crippen molar-refractivity contribution >= 4 is 33.8 Å². The van der Waals surface area contributed by atoms with Gasteiger partial charge >= 0.3 is 0 Å². The summed E-state index contributed by atoms with van der Waals surface area (Å²) in [5, 5.41) is 2.84. The minimum atomic E-state index is -0.268. The van der Waals surface area contributed by atoms with Crippen LogP contribution in [0.1, 0.15) is 27.9 Å². The van der Waals surface area contributed by atoms with Crippen molar-refractivity contribution in [1.29, 1.82) is 0 Å².